The molecule has 0 bridgehead atoms. The second-order valence-corrected chi connectivity index (χ2v) is 3.59. The van der Waals surface area contributed by atoms with Crippen molar-refractivity contribution in [2.45, 2.75) is 19.1 Å². The lowest BCUT2D eigenvalue weighted by Crippen LogP contribution is -2.21. The Balaban J connectivity index is 2.03. The van der Waals surface area contributed by atoms with Crippen LogP contribution in [-0.4, -0.2) is 29.1 Å². The Labute approximate surface area is 83.7 Å². The molecule has 1 atom stereocenters. The van der Waals surface area contributed by atoms with Gasteiger partial charge in [0.1, 0.15) is 6.23 Å². The maximum Gasteiger partial charge on any atom is 0.147 e. The fourth-order valence-electron chi connectivity index (χ4n) is 1.61. The van der Waals surface area contributed by atoms with Crippen LogP contribution in [0.2, 0.25) is 0 Å². The van der Waals surface area contributed by atoms with Crippen LogP contribution in [0, 0.1) is 0 Å². The van der Waals surface area contributed by atoms with Gasteiger partial charge in [0.15, 0.2) is 0 Å². The molecule has 1 aromatic carbocycles. The van der Waals surface area contributed by atoms with Gasteiger partial charge in [-0.2, -0.15) is 5.10 Å². The van der Waals surface area contributed by atoms with Crippen LogP contribution in [-0.2, 0) is 6.42 Å². The fraction of sp³-hybridized carbons (Fsp3) is 0.364. The molecule has 0 saturated carbocycles. The van der Waals surface area contributed by atoms with Gasteiger partial charge in [-0.15, -0.1) is 0 Å². The highest BCUT2D eigenvalue weighted by Gasteiger charge is 2.20. The van der Waals surface area contributed by atoms with Gasteiger partial charge in [-0.25, -0.2) is 0 Å². The van der Waals surface area contributed by atoms with Gasteiger partial charge in [-0.1, -0.05) is 30.3 Å². The molecular formula is C11H14N2O. The SMILES string of the molecule is CN1N=C(Cc2ccccc2)CC1O. The summed E-state index contributed by atoms with van der Waals surface area (Å²) >= 11 is 0. The molecule has 14 heavy (non-hydrogen) atoms. The molecule has 1 aromatic rings. The Morgan fingerprint density at radius 2 is 2.14 bits per heavy atom. The Kier molecular flexibility index (Phi) is 2.50. The van der Waals surface area contributed by atoms with E-state index in [1.165, 1.54) is 5.56 Å². The van der Waals surface area contributed by atoms with Crippen molar-refractivity contribution in [2.24, 2.45) is 5.10 Å². The van der Waals surface area contributed by atoms with E-state index in [0.717, 1.165) is 12.1 Å². The van der Waals surface area contributed by atoms with Crippen LogP contribution in [0.5, 0.6) is 0 Å². The zero-order valence-corrected chi connectivity index (χ0v) is 8.22. The van der Waals surface area contributed by atoms with Gasteiger partial charge < -0.3 is 5.11 Å². The molecule has 0 saturated heterocycles. The maximum atomic E-state index is 9.46. The maximum absolute atomic E-state index is 9.46. The molecule has 1 heterocycles. The summed E-state index contributed by atoms with van der Waals surface area (Å²) in [5, 5.41) is 15.3. The Bertz CT molecular complexity index is 334. The van der Waals surface area contributed by atoms with Crippen LogP contribution in [0.25, 0.3) is 0 Å². The summed E-state index contributed by atoms with van der Waals surface area (Å²) in [6, 6.07) is 10.2. The number of hydrogen-bond donors (Lipinski definition) is 1. The highest BCUT2D eigenvalue weighted by atomic mass is 16.3. The van der Waals surface area contributed by atoms with E-state index in [0.29, 0.717) is 6.42 Å². The van der Waals surface area contributed by atoms with E-state index < -0.39 is 6.23 Å². The predicted molar refractivity (Wildman–Crippen MR) is 56.0 cm³/mol. The molecule has 0 amide bonds. The number of aliphatic hydroxyl groups excluding tert-OH is 1. The van der Waals surface area contributed by atoms with Gasteiger partial charge >= 0.3 is 0 Å². The largest absolute Gasteiger partial charge is 0.372 e. The van der Waals surface area contributed by atoms with Gasteiger partial charge in [-0.3, -0.25) is 5.01 Å². The molecule has 0 spiro atoms. The number of aliphatic hydroxyl groups is 1. The average molecular weight is 190 g/mol. The zero-order valence-electron chi connectivity index (χ0n) is 8.22. The molecular weight excluding hydrogens is 176 g/mol. The summed E-state index contributed by atoms with van der Waals surface area (Å²) in [6.45, 7) is 0. The summed E-state index contributed by atoms with van der Waals surface area (Å²) in [5.41, 5.74) is 2.29. The summed E-state index contributed by atoms with van der Waals surface area (Å²) in [5.74, 6) is 0. The lowest BCUT2D eigenvalue weighted by Gasteiger charge is -2.10. The van der Waals surface area contributed by atoms with E-state index >= 15 is 0 Å². The van der Waals surface area contributed by atoms with Crippen molar-refractivity contribution in [3.05, 3.63) is 35.9 Å². The number of hydrazone groups is 1. The van der Waals surface area contributed by atoms with E-state index in [2.05, 4.69) is 17.2 Å². The quantitative estimate of drug-likeness (QED) is 0.761. The van der Waals surface area contributed by atoms with E-state index in [9.17, 15) is 5.11 Å². The van der Waals surface area contributed by atoms with E-state index in [4.69, 9.17) is 0 Å². The van der Waals surface area contributed by atoms with Crippen molar-refractivity contribution in [1.82, 2.24) is 5.01 Å². The Morgan fingerprint density at radius 3 is 2.71 bits per heavy atom. The average Bonchev–Trinajstić information content (AvgIpc) is 2.47. The molecule has 3 nitrogen and oxygen atoms in total. The molecule has 0 aliphatic carbocycles. The van der Waals surface area contributed by atoms with E-state index in [1.54, 1.807) is 12.1 Å². The first-order valence-electron chi connectivity index (χ1n) is 4.77. The second-order valence-electron chi connectivity index (χ2n) is 3.59. The van der Waals surface area contributed by atoms with Gasteiger partial charge in [-0.05, 0) is 5.56 Å². The molecule has 1 unspecified atom stereocenters. The minimum absolute atomic E-state index is 0.436. The van der Waals surface area contributed by atoms with Gasteiger partial charge in [0.05, 0.1) is 0 Å². The molecule has 3 heteroatoms. The minimum atomic E-state index is -0.436. The number of benzene rings is 1. The van der Waals surface area contributed by atoms with Crippen LogP contribution in [0.15, 0.2) is 35.4 Å². The summed E-state index contributed by atoms with van der Waals surface area (Å²) in [4.78, 5) is 0. The zero-order chi connectivity index (χ0) is 9.97. The van der Waals surface area contributed by atoms with E-state index in [1.807, 2.05) is 18.2 Å². The number of nitrogens with zero attached hydrogens (tertiary/aromatic N) is 2. The first-order valence-corrected chi connectivity index (χ1v) is 4.77. The lowest BCUT2D eigenvalue weighted by atomic mass is 10.1. The molecule has 74 valence electrons. The molecule has 0 aromatic heterocycles. The Morgan fingerprint density at radius 1 is 1.43 bits per heavy atom. The van der Waals surface area contributed by atoms with Gasteiger partial charge in [0.2, 0.25) is 0 Å². The molecule has 0 fully saturated rings. The molecule has 1 aliphatic rings. The first kappa shape index (κ1) is 9.21. The normalized spacial score (nSPS) is 21.1. The third-order valence-corrected chi connectivity index (χ3v) is 2.40. The van der Waals surface area contributed by atoms with Crippen molar-refractivity contribution < 1.29 is 5.11 Å². The van der Waals surface area contributed by atoms with Crippen molar-refractivity contribution in [3.63, 3.8) is 0 Å². The van der Waals surface area contributed by atoms with Crippen molar-refractivity contribution in [3.8, 4) is 0 Å². The number of rotatable bonds is 2. The van der Waals surface area contributed by atoms with E-state index in [-0.39, 0.29) is 0 Å². The monoisotopic (exact) mass is 190 g/mol. The van der Waals surface area contributed by atoms with Crippen molar-refractivity contribution in [1.29, 1.82) is 0 Å². The van der Waals surface area contributed by atoms with Crippen molar-refractivity contribution in [2.75, 3.05) is 7.05 Å². The highest BCUT2D eigenvalue weighted by molar-refractivity contribution is 5.87. The van der Waals surface area contributed by atoms with Gasteiger partial charge in [0.25, 0.3) is 0 Å². The van der Waals surface area contributed by atoms with Crippen molar-refractivity contribution >= 4 is 5.71 Å². The third kappa shape index (κ3) is 1.93. The molecule has 1 aliphatic heterocycles. The van der Waals surface area contributed by atoms with Gasteiger partial charge in [0, 0.05) is 25.6 Å². The lowest BCUT2D eigenvalue weighted by molar-refractivity contribution is 0.0451. The number of hydrogen-bond acceptors (Lipinski definition) is 3. The predicted octanol–water partition coefficient (Wildman–Crippen LogP) is 1.24. The smallest absolute Gasteiger partial charge is 0.147 e. The fourth-order valence-corrected chi connectivity index (χ4v) is 1.61. The Hall–Kier alpha value is -1.35. The summed E-state index contributed by atoms with van der Waals surface area (Å²) < 4.78 is 0. The van der Waals surface area contributed by atoms with Crippen LogP contribution in [0.3, 0.4) is 0 Å². The molecule has 2 rings (SSSR count). The third-order valence-electron chi connectivity index (χ3n) is 2.40. The molecule has 1 N–H and O–H groups in total. The van der Waals surface area contributed by atoms with Crippen LogP contribution >= 0.6 is 0 Å². The van der Waals surface area contributed by atoms with Crippen LogP contribution in [0.1, 0.15) is 12.0 Å². The summed E-state index contributed by atoms with van der Waals surface area (Å²) in [7, 11) is 1.79. The first-order chi connectivity index (χ1) is 6.75. The van der Waals surface area contributed by atoms with Crippen LogP contribution < -0.4 is 0 Å². The second kappa shape index (κ2) is 3.80. The topological polar surface area (TPSA) is 35.8 Å². The standard InChI is InChI=1S/C11H14N2O/c1-13-11(14)8-10(12-13)7-9-5-3-2-4-6-9/h2-6,11,14H,7-8H2,1H3. The minimum Gasteiger partial charge on any atom is -0.372 e. The van der Waals surface area contributed by atoms with Crippen LogP contribution in [0.4, 0.5) is 0 Å². The molecule has 0 radical (unpaired) electrons. The highest BCUT2D eigenvalue weighted by Crippen LogP contribution is 2.13. The summed E-state index contributed by atoms with van der Waals surface area (Å²) in [6.07, 6.45) is 1.06.